The van der Waals surface area contributed by atoms with Gasteiger partial charge in [-0.2, -0.15) is 0 Å². The Morgan fingerprint density at radius 2 is 2.13 bits per heavy atom. The summed E-state index contributed by atoms with van der Waals surface area (Å²) in [6.07, 6.45) is 2.06. The van der Waals surface area contributed by atoms with Gasteiger partial charge in [-0.15, -0.1) is 0 Å². The summed E-state index contributed by atoms with van der Waals surface area (Å²) < 4.78 is 0. The zero-order valence-electron chi connectivity index (χ0n) is 8.03. The number of aromatic nitrogens is 2. The summed E-state index contributed by atoms with van der Waals surface area (Å²) in [4.78, 5) is 34.4. The lowest BCUT2D eigenvalue weighted by atomic mass is 10.3. The van der Waals surface area contributed by atoms with E-state index < -0.39 is 11.7 Å². The van der Waals surface area contributed by atoms with Crippen molar-refractivity contribution in [1.82, 2.24) is 9.97 Å². The molecule has 84 valence electrons. The number of nitrogens with one attached hydrogen (secondary N) is 2. The summed E-state index contributed by atoms with van der Waals surface area (Å²) in [6, 6.07) is 1.24. The zero-order chi connectivity index (χ0) is 11.7. The van der Waals surface area contributed by atoms with E-state index in [1.807, 2.05) is 4.98 Å². The first-order valence-corrected chi connectivity index (χ1v) is 4.26. The Morgan fingerprint density at radius 1 is 1.47 bits per heavy atom. The maximum atomic E-state index is 10.2. The highest BCUT2D eigenvalue weighted by atomic mass is 16.4. The van der Waals surface area contributed by atoms with Gasteiger partial charge < -0.3 is 15.8 Å². The van der Waals surface area contributed by atoms with Crippen LogP contribution in [0.15, 0.2) is 21.9 Å². The van der Waals surface area contributed by atoms with Crippen LogP contribution in [-0.4, -0.2) is 27.6 Å². The van der Waals surface area contributed by atoms with Gasteiger partial charge in [-0.3, -0.25) is 14.6 Å². The Labute approximate surface area is 85.0 Å². The van der Waals surface area contributed by atoms with Gasteiger partial charge in [0.05, 0.1) is 0 Å². The number of H-pyrrole nitrogens is 2. The van der Waals surface area contributed by atoms with Crippen LogP contribution in [0.25, 0.3) is 0 Å². The highest BCUT2D eigenvalue weighted by Gasteiger charge is 1.91. The average molecular weight is 215 g/mol. The van der Waals surface area contributed by atoms with Gasteiger partial charge in [0.1, 0.15) is 0 Å². The third kappa shape index (κ3) is 8.44. The van der Waals surface area contributed by atoms with E-state index in [1.165, 1.54) is 12.3 Å². The summed E-state index contributed by atoms with van der Waals surface area (Å²) in [5.41, 5.74) is 4.16. The number of aliphatic carboxylic acids is 1. The molecule has 0 bridgehead atoms. The molecule has 0 radical (unpaired) electrons. The van der Waals surface area contributed by atoms with Crippen molar-refractivity contribution in [2.45, 2.75) is 12.8 Å². The van der Waals surface area contributed by atoms with Crippen molar-refractivity contribution in [3.8, 4) is 0 Å². The predicted molar refractivity (Wildman–Crippen MR) is 53.6 cm³/mol. The number of carbonyl (C=O) groups is 1. The summed E-state index contributed by atoms with van der Waals surface area (Å²) >= 11 is 0. The second-order valence-corrected chi connectivity index (χ2v) is 2.58. The fraction of sp³-hybridized carbons (Fsp3) is 0.375. The lowest BCUT2D eigenvalue weighted by Crippen LogP contribution is -2.19. The van der Waals surface area contributed by atoms with Gasteiger partial charge in [0.25, 0.3) is 5.56 Å². The van der Waals surface area contributed by atoms with Crippen molar-refractivity contribution in [1.29, 1.82) is 0 Å². The quantitative estimate of drug-likeness (QED) is 0.507. The Morgan fingerprint density at radius 3 is 2.40 bits per heavy atom. The largest absolute Gasteiger partial charge is 0.481 e. The SMILES string of the molecule is NCCCC(=O)O.O=c1cc[nH]c(=O)[nH]1. The molecule has 0 saturated heterocycles. The highest BCUT2D eigenvalue weighted by Crippen LogP contribution is 1.82. The number of carboxylic acids is 1. The molecule has 7 heteroatoms. The number of rotatable bonds is 3. The molecule has 1 heterocycles. The molecule has 0 saturated carbocycles. The molecule has 0 unspecified atom stereocenters. The van der Waals surface area contributed by atoms with Crippen LogP contribution in [-0.2, 0) is 4.79 Å². The van der Waals surface area contributed by atoms with Crippen LogP contribution in [0.5, 0.6) is 0 Å². The molecule has 15 heavy (non-hydrogen) atoms. The third-order valence-corrected chi connectivity index (χ3v) is 1.28. The van der Waals surface area contributed by atoms with Crippen LogP contribution >= 0.6 is 0 Å². The predicted octanol–water partition coefficient (Wildman–Crippen LogP) is -1.13. The monoisotopic (exact) mass is 215 g/mol. The second-order valence-electron chi connectivity index (χ2n) is 2.58. The molecule has 0 aliphatic carbocycles. The summed E-state index contributed by atoms with van der Waals surface area (Å²) in [7, 11) is 0. The first-order valence-electron chi connectivity index (χ1n) is 4.26. The summed E-state index contributed by atoms with van der Waals surface area (Å²) in [5, 5.41) is 7.99. The number of nitrogens with two attached hydrogens (primary N) is 1. The van der Waals surface area contributed by atoms with Gasteiger partial charge >= 0.3 is 11.7 Å². The normalized spacial score (nSPS) is 8.87. The van der Waals surface area contributed by atoms with E-state index in [1.54, 1.807) is 0 Å². The number of aromatic amines is 2. The van der Waals surface area contributed by atoms with Crippen LogP contribution in [0, 0.1) is 0 Å². The van der Waals surface area contributed by atoms with Gasteiger partial charge in [0, 0.05) is 18.7 Å². The zero-order valence-corrected chi connectivity index (χ0v) is 8.03. The molecule has 1 rings (SSSR count). The van der Waals surface area contributed by atoms with E-state index in [2.05, 4.69) is 4.98 Å². The van der Waals surface area contributed by atoms with Crippen LogP contribution in [0.2, 0.25) is 0 Å². The van der Waals surface area contributed by atoms with E-state index in [9.17, 15) is 14.4 Å². The topological polar surface area (TPSA) is 129 Å². The molecular formula is C8H13N3O4. The van der Waals surface area contributed by atoms with Crippen molar-refractivity contribution in [3.05, 3.63) is 33.1 Å². The van der Waals surface area contributed by atoms with Gasteiger partial charge in [-0.25, -0.2) is 4.79 Å². The lowest BCUT2D eigenvalue weighted by molar-refractivity contribution is -0.137. The van der Waals surface area contributed by atoms with E-state index >= 15 is 0 Å². The maximum Gasteiger partial charge on any atom is 0.325 e. The van der Waals surface area contributed by atoms with Gasteiger partial charge in [-0.05, 0) is 13.0 Å². The van der Waals surface area contributed by atoms with Gasteiger partial charge in [0.15, 0.2) is 0 Å². The fourth-order valence-electron chi connectivity index (χ4n) is 0.636. The van der Waals surface area contributed by atoms with Crippen molar-refractivity contribution >= 4 is 5.97 Å². The third-order valence-electron chi connectivity index (χ3n) is 1.28. The lowest BCUT2D eigenvalue weighted by Gasteiger charge is -1.86. The Hall–Kier alpha value is -1.89. The summed E-state index contributed by atoms with van der Waals surface area (Å²) in [6.45, 7) is 0.465. The van der Waals surface area contributed by atoms with Crippen molar-refractivity contribution in [2.24, 2.45) is 5.73 Å². The van der Waals surface area contributed by atoms with E-state index in [4.69, 9.17) is 10.8 Å². The van der Waals surface area contributed by atoms with Crippen LogP contribution < -0.4 is 17.0 Å². The van der Waals surface area contributed by atoms with E-state index in [0.717, 1.165) is 0 Å². The molecule has 1 aromatic rings. The van der Waals surface area contributed by atoms with Gasteiger partial charge in [0.2, 0.25) is 0 Å². The first-order chi connectivity index (χ1) is 7.06. The number of hydrogen-bond donors (Lipinski definition) is 4. The molecule has 0 aliphatic heterocycles. The van der Waals surface area contributed by atoms with Crippen molar-refractivity contribution in [3.63, 3.8) is 0 Å². The molecule has 1 aromatic heterocycles. The van der Waals surface area contributed by atoms with Crippen molar-refractivity contribution < 1.29 is 9.90 Å². The van der Waals surface area contributed by atoms with E-state index in [0.29, 0.717) is 13.0 Å². The maximum absolute atomic E-state index is 10.2. The standard InChI is InChI=1S/C4H4N2O2.C4H9NO2/c7-3-1-2-5-4(8)6-3;5-3-1-2-4(6)7/h1-2H,(H2,5,6,7,8);1-3,5H2,(H,6,7). The molecule has 0 amide bonds. The molecule has 0 fully saturated rings. The average Bonchev–Trinajstić information content (AvgIpc) is 2.15. The Balaban J connectivity index is 0.000000265. The molecule has 0 atom stereocenters. The number of carboxylic acid groups (broad SMARTS) is 1. The number of hydrogen-bond acceptors (Lipinski definition) is 4. The summed E-state index contributed by atoms with van der Waals surface area (Å²) in [5.74, 6) is -0.773. The van der Waals surface area contributed by atoms with Crippen LogP contribution in [0.3, 0.4) is 0 Å². The minimum atomic E-state index is -0.773. The van der Waals surface area contributed by atoms with E-state index in [-0.39, 0.29) is 12.0 Å². The smallest absolute Gasteiger partial charge is 0.325 e. The minimum absolute atomic E-state index is 0.191. The second kappa shape index (κ2) is 7.51. The molecule has 7 nitrogen and oxygen atoms in total. The first kappa shape index (κ1) is 13.1. The molecule has 5 N–H and O–H groups in total. The minimum Gasteiger partial charge on any atom is -0.481 e. The molecule has 0 spiro atoms. The van der Waals surface area contributed by atoms with Crippen LogP contribution in [0.4, 0.5) is 0 Å². The molecule has 0 aromatic carbocycles. The Bertz CT molecular complexity index is 370. The molecule has 0 aliphatic rings. The highest BCUT2D eigenvalue weighted by molar-refractivity contribution is 5.66. The Kier molecular flexibility index (Phi) is 6.56. The van der Waals surface area contributed by atoms with Crippen molar-refractivity contribution in [2.75, 3.05) is 6.54 Å². The van der Waals surface area contributed by atoms with Gasteiger partial charge in [-0.1, -0.05) is 0 Å². The van der Waals surface area contributed by atoms with Crippen LogP contribution in [0.1, 0.15) is 12.8 Å². The fourth-order valence-corrected chi connectivity index (χ4v) is 0.636. The molecular weight excluding hydrogens is 202 g/mol.